The van der Waals surface area contributed by atoms with Gasteiger partial charge in [-0.1, -0.05) is 30.3 Å². The number of rotatable bonds is 3. The molecule has 5 heteroatoms. The second-order valence-electron chi connectivity index (χ2n) is 3.87. The van der Waals surface area contributed by atoms with Crippen LogP contribution in [0.3, 0.4) is 0 Å². The highest BCUT2D eigenvalue weighted by molar-refractivity contribution is 5.14. The molecule has 1 saturated heterocycles. The summed E-state index contributed by atoms with van der Waals surface area (Å²) in [5.41, 5.74) is -1.25. The van der Waals surface area contributed by atoms with Crippen molar-refractivity contribution in [1.82, 2.24) is 5.32 Å². The maximum atomic E-state index is 12.7. The van der Waals surface area contributed by atoms with Crippen molar-refractivity contribution in [1.29, 1.82) is 0 Å². The van der Waals surface area contributed by atoms with Crippen molar-refractivity contribution < 1.29 is 17.9 Å². The Bertz CT molecular complexity index is 346. The molecule has 0 radical (unpaired) electrons. The van der Waals surface area contributed by atoms with Crippen LogP contribution in [0.25, 0.3) is 0 Å². The van der Waals surface area contributed by atoms with Crippen LogP contribution in [-0.4, -0.2) is 24.9 Å². The van der Waals surface area contributed by atoms with E-state index in [4.69, 9.17) is 4.74 Å². The Hall–Kier alpha value is -1.07. The van der Waals surface area contributed by atoms with Crippen LogP contribution in [0, 0.1) is 0 Å². The minimum atomic E-state index is -4.31. The number of ether oxygens (including phenoxy) is 1. The van der Waals surface area contributed by atoms with E-state index in [9.17, 15) is 13.2 Å². The molecule has 1 aromatic carbocycles. The van der Waals surface area contributed by atoms with Crippen LogP contribution < -0.4 is 5.32 Å². The van der Waals surface area contributed by atoms with E-state index in [1.165, 1.54) is 0 Å². The van der Waals surface area contributed by atoms with Gasteiger partial charge in [0.25, 0.3) is 0 Å². The van der Waals surface area contributed by atoms with E-state index in [0.29, 0.717) is 0 Å². The lowest BCUT2D eigenvalue weighted by molar-refractivity contribution is -0.296. The fourth-order valence-electron chi connectivity index (χ4n) is 1.53. The Morgan fingerprint density at radius 2 is 1.81 bits per heavy atom. The van der Waals surface area contributed by atoms with Crippen LogP contribution in [0.5, 0.6) is 0 Å². The smallest absolute Gasteiger partial charge is 0.358 e. The first-order chi connectivity index (χ1) is 7.54. The summed E-state index contributed by atoms with van der Waals surface area (Å²) in [5, 5.41) is 2.60. The van der Waals surface area contributed by atoms with Crippen molar-refractivity contribution >= 4 is 0 Å². The quantitative estimate of drug-likeness (QED) is 0.860. The summed E-state index contributed by atoms with van der Waals surface area (Å²) in [6.07, 6.45) is -4.31. The molecule has 0 aliphatic carbocycles. The molecule has 2 rings (SSSR count). The van der Waals surface area contributed by atoms with E-state index in [1.807, 2.05) is 6.07 Å². The summed E-state index contributed by atoms with van der Waals surface area (Å²) in [6, 6.07) is 8.86. The van der Waals surface area contributed by atoms with Gasteiger partial charge in [-0.25, -0.2) is 0 Å². The van der Waals surface area contributed by atoms with Gasteiger partial charge in [-0.2, -0.15) is 13.2 Å². The first kappa shape index (κ1) is 11.4. The number of alkyl halides is 3. The van der Waals surface area contributed by atoms with Gasteiger partial charge >= 0.3 is 6.18 Å². The normalized spacial score (nSPS) is 19.2. The molecule has 0 bridgehead atoms. The van der Waals surface area contributed by atoms with Gasteiger partial charge in [0.1, 0.15) is 0 Å². The van der Waals surface area contributed by atoms with E-state index in [2.05, 4.69) is 5.32 Å². The van der Waals surface area contributed by atoms with Crippen molar-refractivity contribution in [3.8, 4) is 0 Å². The fraction of sp³-hybridized carbons (Fsp3) is 0.455. The molecule has 0 saturated carbocycles. The predicted molar refractivity (Wildman–Crippen MR) is 52.9 cm³/mol. The molecule has 0 unspecified atom stereocenters. The minimum Gasteiger partial charge on any atom is -0.358 e. The zero-order chi connectivity index (χ0) is 11.6. The minimum absolute atomic E-state index is 0.0119. The summed E-state index contributed by atoms with van der Waals surface area (Å²) >= 11 is 0. The molecule has 0 aromatic heterocycles. The van der Waals surface area contributed by atoms with Gasteiger partial charge in [-0.05, 0) is 5.56 Å². The SMILES string of the molecule is FC(F)(F)C1(OCc2ccccc2)CNC1. The number of benzene rings is 1. The molecule has 2 nitrogen and oxygen atoms in total. The Morgan fingerprint density at radius 1 is 1.19 bits per heavy atom. The molecule has 88 valence electrons. The van der Waals surface area contributed by atoms with Gasteiger partial charge < -0.3 is 10.1 Å². The number of hydrogen-bond acceptors (Lipinski definition) is 2. The highest BCUT2D eigenvalue weighted by Crippen LogP contribution is 2.37. The van der Waals surface area contributed by atoms with Crippen LogP contribution in [0.4, 0.5) is 13.2 Å². The Kier molecular flexibility index (Phi) is 2.90. The first-order valence-electron chi connectivity index (χ1n) is 4.99. The van der Waals surface area contributed by atoms with Crippen molar-refractivity contribution in [2.75, 3.05) is 13.1 Å². The predicted octanol–water partition coefficient (Wildman–Crippen LogP) is 2.11. The first-order valence-corrected chi connectivity index (χ1v) is 4.99. The van der Waals surface area contributed by atoms with Crippen molar-refractivity contribution in [2.24, 2.45) is 0 Å². The maximum absolute atomic E-state index is 12.7. The average molecular weight is 231 g/mol. The highest BCUT2D eigenvalue weighted by atomic mass is 19.4. The zero-order valence-electron chi connectivity index (χ0n) is 8.55. The maximum Gasteiger partial charge on any atom is 0.419 e. The molecule has 1 fully saturated rings. The summed E-state index contributed by atoms with van der Waals surface area (Å²) < 4.78 is 43.1. The molecule has 0 amide bonds. The highest BCUT2D eigenvalue weighted by Gasteiger charge is 2.60. The third kappa shape index (κ3) is 2.05. The number of nitrogens with one attached hydrogen (secondary N) is 1. The van der Waals surface area contributed by atoms with E-state index in [1.54, 1.807) is 24.3 Å². The summed E-state index contributed by atoms with van der Waals surface area (Å²) in [5.74, 6) is 0. The number of hydrogen-bond donors (Lipinski definition) is 1. The molecular formula is C11H12F3NO. The molecular weight excluding hydrogens is 219 g/mol. The molecule has 1 heterocycles. The lowest BCUT2D eigenvalue weighted by Gasteiger charge is -2.43. The Balaban J connectivity index is 1.99. The molecule has 1 aromatic rings. The largest absolute Gasteiger partial charge is 0.419 e. The lowest BCUT2D eigenvalue weighted by Crippen LogP contribution is -2.69. The van der Waals surface area contributed by atoms with Crippen LogP contribution in [0.1, 0.15) is 5.56 Å². The third-order valence-electron chi connectivity index (χ3n) is 2.70. The topological polar surface area (TPSA) is 21.3 Å². The molecule has 0 spiro atoms. The van der Waals surface area contributed by atoms with Crippen LogP contribution in [0.15, 0.2) is 30.3 Å². The zero-order valence-corrected chi connectivity index (χ0v) is 8.55. The standard InChI is InChI=1S/C11H12F3NO/c12-11(13,14)10(7-15-8-10)16-6-9-4-2-1-3-5-9/h1-5,15H,6-8H2. The monoisotopic (exact) mass is 231 g/mol. The van der Waals surface area contributed by atoms with E-state index in [-0.39, 0.29) is 19.7 Å². The van der Waals surface area contributed by atoms with Gasteiger partial charge in [0.2, 0.25) is 0 Å². The van der Waals surface area contributed by atoms with Gasteiger partial charge in [-0.15, -0.1) is 0 Å². The number of halogens is 3. The molecule has 1 N–H and O–H groups in total. The second kappa shape index (κ2) is 4.07. The third-order valence-corrected chi connectivity index (χ3v) is 2.70. The van der Waals surface area contributed by atoms with Crippen molar-refractivity contribution in [2.45, 2.75) is 18.4 Å². The van der Waals surface area contributed by atoms with Gasteiger partial charge in [0.15, 0.2) is 5.60 Å². The van der Waals surface area contributed by atoms with Gasteiger partial charge in [0.05, 0.1) is 6.61 Å². The van der Waals surface area contributed by atoms with E-state index >= 15 is 0 Å². The Morgan fingerprint density at radius 3 is 2.25 bits per heavy atom. The molecule has 1 aliphatic heterocycles. The van der Waals surface area contributed by atoms with E-state index < -0.39 is 11.8 Å². The van der Waals surface area contributed by atoms with Crippen LogP contribution >= 0.6 is 0 Å². The fourth-order valence-corrected chi connectivity index (χ4v) is 1.53. The molecule has 16 heavy (non-hydrogen) atoms. The van der Waals surface area contributed by atoms with Crippen LogP contribution in [0.2, 0.25) is 0 Å². The average Bonchev–Trinajstić information content (AvgIpc) is 2.15. The summed E-state index contributed by atoms with van der Waals surface area (Å²) in [7, 11) is 0. The molecule has 0 atom stereocenters. The lowest BCUT2D eigenvalue weighted by atomic mass is 9.96. The van der Waals surface area contributed by atoms with E-state index in [0.717, 1.165) is 5.56 Å². The second-order valence-corrected chi connectivity index (χ2v) is 3.87. The van der Waals surface area contributed by atoms with Crippen molar-refractivity contribution in [3.63, 3.8) is 0 Å². The van der Waals surface area contributed by atoms with Gasteiger partial charge in [0, 0.05) is 13.1 Å². The van der Waals surface area contributed by atoms with Crippen molar-refractivity contribution in [3.05, 3.63) is 35.9 Å². The van der Waals surface area contributed by atoms with Crippen LogP contribution in [-0.2, 0) is 11.3 Å². The summed E-state index contributed by atoms with van der Waals surface area (Å²) in [4.78, 5) is 0. The Labute approximate surface area is 91.4 Å². The van der Waals surface area contributed by atoms with Gasteiger partial charge in [-0.3, -0.25) is 0 Å². The summed E-state index contributed by atoms with van der Waals surface area (Å²) in [6.45, 7) is -0.339. The molecule has 1 aliphatic rings.